The number of aromatic amines is 1. The van der Waals surface area contributed by atoms with Gasteiger partial charge in [-0.3, -0.25) is 14.9 Å². The van der Waals surface area contributed by atoms with Gasteiger partial charge in [0.15, 0.2) is 0 Å². The van der Waals surface area contributed by atoms with E-state index >= 15 is 0 Å². The normalized spacial score (nSPS) is 12.9. The van der Waals surface area contributed by atoms with Gasteiger partial charge in [-0.15, -0.1) is 0 Å². The number of non-ortho nitro benzene ring substituents is 1. The largest absolute Gasteiger partial charge is 0.361 e. The number of para-hydroxylation sites is 1. The lowest BCUT2D eigenvalue weighted by Crippen LogP contribution is -2.28. The van der Waals surface area contributed by atoms with E-state index in [0.717, 1.165) is 27.6 Å². The molecule has 2 N–H and O–H groups in total. The summed E-state index contributed by atoms with van der Waals surface area (Å²) in [5, 5.41) is 15.4. The average Bonchev–Trinajstić information content (AvgIpc) is 3.22. The molecule has 4 aromatic rings. The number of nitro benzene ring substituents is 1. The number of rotatable bonds is 7. The Morgan fingerprint density at radius 3 is 2.48 bits per heavy atom. The fourth-order valence-corrected chi connectivity index (χ4v) is 3.96. The van der Waals surface area contributed by atoms with Crippen molar-refractivity contribution in [1.82, 2.24) is 10.3 Å². The molecule has 0 fully saturated rings. The summed E-state index contributed by atoms with van der Waals surface area (Å²) < 4.78 is 0. The Bertz CT molecular complexity index is 1220. The number of carbonyl (C=O) groups excluding carboxylic acids is 1. The molecule has 6 heteroatoms. The lowest BCUT2D eigenvalue weighted by molar-refractivity contribution is -0.384. The highest BCUT2D eigenvalue weighted by molar-refractivity contribution is 5.86. The molecule has 0 aliphatic rings. The molecular weight excluding hydrogens is 390 g/mol. The summed E-state index contributed by atoms with van der Waals surface area (Å²) in [7, 11) is 0. The zero-order chi connectivity index (χ0) is 21.8. The fourth-order valence-electron chi connectivity index (χ4n) is 3.96. The van der Waals surface area contributed by atoms with Gasteiger partial charge in [0.25, 0.3) is 5.69 Å². The molecular formula is C25H23N3O3. The van der Waals surface area contributed by atoms with E-state index in [1.54, 1.807) is 12.1 Å². The Morgan fingerprint density at radius 2 is 1.71 bits per heavy atom. The minimum atomic E-state index is -0.409. The van der Waals surface area contributed by atoms with Gasteiger partial charge in [0.05, 0.1) is 11.0 Å². The molecule has 0 aliphatic heterocycles. The third-order valence-electron chi connectivity index (χ3n) is 5.55. The van der Waals surface area contributed by atoms with E-state index in [0.29, 0.717) is 0 Å². The van der Waals surface area contributed by atoms with Crippen LogP contribution in [0.5, 0.6) is 0 Å². The topological polar surface area (TPSA) is 88.0 Å². The molecule has 1 amide bonds. The first-order valence-electron chi connectivity index (χ1n) is 10.2. The highest BCUT2D eigenvalue weighted by atomic mass is 16.6. The number of benzene rings is 3. The summed E-state index contributed by atoms with van der Waals surface area (Å²) in [6, 6.07) is 24.0. The van der Waals surface area contributed by atoms with Gasteiger partial charge in [-0.2, -0.15) is 0 Å². The number of nitrogens with zero attached hydrogens (tertiary/aromatic N) is 1. The molecule has 31 heavy (non-hydrogen) atoms. The summed E-state index contributed by atoms with van der Waals surface area (Å²) in [4.78, 5) is 27.2. The van der Waals surface area contributed by atoms with Crippen molar-refractivity contribution in [3.63, 3.8) is 0 Å². The number of amides is 1. The van der Waals surface area contributed by atoms with E-state index in [4.69, 9.17) is 0 Å². The molecule has 0 spiro atoms. The third-order valence-corrected chi connectivity index (χ3v) is 5.55. The highest BCUT2D eigenvalue weighted by Crippen LogP contribution is 2.35. The molecule has 3 aromatic carbocycles. The molecule has 0 radical (unpaired) electrons. The molecule has 0 bridgehead atoms. The van der Waals surface area contributed by atoms with E-state index in [-0.39, 0.29) is 30.0 Å². The minimum Gasteiger partial charge on any atom is -0.361 e. The first-order valence-corrected chi connectivity index (χ1v) is 10.2. The molecule has 0 saturated carbocycles. The van der Waals surface area contributed by atoms with Crippen LogP contribution in [0.4, 0.5) is 5.69 Å². The smallest absolute Gasteiger partial charge is 0.269 e. The van der Waals surface area contributed by atoms with E-state index in [1.165, 1.54) is 6.07 Å². The second kappa shape index (κ2) is 8.83. The SMILES string of the molecule is C[C@@H](NC(=O)C[C@H](c1cccc([N+](=O)[O-])c1)c1c[nH]c2ccccc12)c1ccccc1. The van der Waals surface area contributed by atoms with Crippen LogP contribution in [-0.4, -0.2) is 15.8 Å². The standard InChI is InChI=1S/C25H23N3O3/c1-17(18-8-3-2-4-9-18)27-25(29)15-22(19-10-7-11-20(14-19)28(30)31)23-16-26-24-13-6-5-12-21(23)24/h2-14,16-17,22,26H,15H2,1H3,(H,27,29)/t17-,22-/m1/s1. The molecule has 1 heterocycles. The lowest BCUT2D eigenvalue weighted by atomic mass is 9.87. The van der Waals surface area contributed by atoms with Crippen LogP contribution in [0.15, 0.2) is 85.1 Å². The number of nitro groups is 1. The first kappa shape index (κ1) is 20.3. The van der Waals surface area contributed by atoms with Crippen LogP contribution in [0.1, 0.15) is 42.0 Å². The maximum Gasteiger partial charge on any atom is 0.269 e. The molecule has 156 valence electrons. The van der Waals surface area contributed by atoms with Crippen molar-refractivity contribution in [3.8, 4) is 0 Å². The van der Waals surface area contributed by atoms with Crippen molar-refractivity contribution in [1.29, 1.82) is 0 Å². The van der Waals surface area contributed by atoms with E-state index in [1.807, 2.05) is 73.8 Å². The van der Waals surface area contributed by atoms with Gasteiger partial charge in [-0.25, -0.2) is 0 Å². The molecule has 6 nitrogen and oxygen atoms in total. The molecule has 1 aromatic heterocycles. The Balaban J connectivity index is 1.66. The van der Waals surface area contributed by atoms with Crippen molar-refractivity contribution in [2.75, 3.05) is 0 Å². The van der Waals surface area contributed by atoms with E-state index in [2.05, 4.69) is 10.3 Å². The van der Waals surface area contributed by atoms with Crippen molar-refractivity contribution >= 4 is 22.5 Å². The number of H-pyrrole nitrogens is 1. The van der Waals surface area contributed by atoms with Crippen molar-refractivity contribution in [2.24, 2.45) is 0 Å². The predicted molar refractivity (Wildman–Crippen MR) is 121 cm³/mol. The van der Waals surface area contributed by atoms with Gasteiger partial charge in [0.1, 0.15) is 0 Å². The molecule has 2 atom stereocenters. The van der Waals surface area contributed by atoms with Gasteiger partial charge in [-0.1, -0.05) is 60.7 Å². The highest BCUT2D eigenvalue weighted by Gasteiger charge is 2.24. The van der Waals surface area contributed by atoms with Crippen LogP contribution < -0.4 is 5.32 Å². The maximum absolute atomic E-state index is 13.0. The fraction of sp³-hybridized carbons (Fsp3) is 0.160. The first-order chi connectivity index (χ1) is 15.0. The Kier molecular flexibility index (Phi) is 5.80. The summed E-state index contributed by atoms with van der Waals surface area (Å²) >= 11 is 0. The second-order valence-corrected chi connectivity index (χ2v) is 7.60. The van der Waals surface area contributed by atoms with Gasteiger partial charge in [-0.05, 0) is 29.7 Å². The van der Waals surface area contributed by atoms with Crippen molar-refractivity contribution in [3.05, 3.63) is 112 Å². The monoisotopic (exact) mass is 413 g/mol. The van der Waals surface area contributed by atoms with Crippen LogP contribution in [-0.2, 0) is 4.79 Å². The van der Waals surface area contributed by atoms with Crippen LogP contribution in [0.3, 0.4) is 0 Å². The van der Waals surface area contributed by atoms with Crippen LogP contribution in [0, 0.1) is 10.1 Å². The summed E-state index contributed by atoms with van der Waals surface area (Å²) in [5.41, 5.74) is 3.68. The second-order valence-electron chi connectivity index (χ2n) is 7.60. The number of hydrogen-bond acceptors (Lipinski definition) is 3. The van der Waals surface area contributed by atoms with E-state index in [9.17, 15) is 14.9 Å². The number of carbonyl (C=O) groups is 1. The van der Waals surface area contributed by atoms with Crippen LogP contribution in [0.2, 0.25) is 0 Å². The zero-order valence-electron chi connectivity index (χ0n) is 17.1. The van der Waals surface area contributed by atoms with Gasteiger partial charge < -0.3 is 10.3 Å². The quantitative estimate of drug-likeness (QED) is 0.311. The number of nitrogens with one attached hydrogen (secondary N) is 2. The summed E-state index contributed by atoms with van der Waals surface area (Å²) in [5.74, 6) is -0.433. The average molecular weight is 413 g/mol. The van der Waals surface area contributed by atoms with Crippen molar-refractivity contribution < 1.29 is 9.72 Å². The number of hydrogen-bond donors (Lipinski definition) is 2. The third kappa shape index (κ3) is 4.48. The predicted octanol–water partition coefficient (Wildman–Crippen LogP) is 5.48. The van der Waals surface area contributed by atoms with Gasteiger partial charge >= 0.3 is 0 Å². The van der Waals surface area contributed by atoms with Crippen LogP contribution >= 0.6 is 0 Å². The Morgan fingerprint density at radius 1 is 1.00 bits per heavy atom. The molecule has 0 aliphatic carbocycles. The number of fused-ring (bicyclic) bond motifs is 1. The summed E-state index contributed by atoms with van der Waals surface area (Å²) in [6.45, 7) is 1.95. The summed E-state index contributed by atoms with van der Waals surface area (Å²) in [6.07, 6.45) is 2.07. The Labute approximate surface area is 180 Å². The van der Waals surface area contributed by atoms with E-state index < -0.39 is 4.92 Å². The Hall–Kier alpha value is -3.93. The maximum atomic E-state index is 13.0. The minimum absolute atomic E-state index is 0.0143. The molecule has 4 rings (SSSR count). The number of aromatic nitrogens is 1. The molecule has 0 unspecified atom stereocenters. The van der Waals surface area contributed by atoms with Crippen LogP contribution in [0.25, 0.3) is 10.9 Å². The van der Waals surface area contributed by atoms with Gasteiger partial charge in [0, 0.05) is 41.6 Å². The van der Waals surface area contributed by atoms with Gasteiger partial charge in [0.2, 0.25) is 5.91 Å². The lowest BCUT2D eigenvalue weighted by Gasteiger charge is -2.20. The molecule has 0 saturated heterocycles. The zero-order valence-corrected chi connectivity index (χ0v) is 17.1. The van der Waals surface area contributed by atoms with Crippen molar-refractivity contribution in [2.45, 2.75) is 25.3 Å².